The topological polar surface area (TPSA) is 87.7 Å². The molecule has 0 spiro atoms. The first-order chi connectivity index (χ1) is 8.00. The third kappa shape index (κ3) is 1.87. The number of carboxylic acid groups (broad SMARTS) is 1. The molecule has 2 rings (SSSR count). The highest BCUT2D eigenvalue weighted by Gasteiger charge is 2.18. The average Bonchev–Trinajstić information content (AvgIpc) is 2.60. The first kappa shape index (κ1) is 11.2. The zero-order valence-electron chi connectivity index (χ0n) is 9.06. The lowest BCUT2D eigenvalue weighted by atomic mass is 10.0. The molecule has 0 saturated carbocycles. The number of aliphatic carboxylic acids is 1. The Balaban J connectivity index is 2.55. The van der Waals surface area contributed by atoms with Crippen molar-refractivity contribution in [1.82, 2.24) is 0 Å². The summed E-state index contributed by atoms with van der Waals surface area (Å²) in [5, 5.41) is 18.9. The molecule has 17 heavy (non-hydrogen) atoms. The van der Waals surface area contributed by atoms with Crippen LogP contribution in [-0.4, -0.2) is 22.0 Å². The monoisotopic (exact) mass is 234 g/mol. The normalized spacial score (nSPS) is 10.6. The molecule has 0 bridgehead atoms. The van der Waals surface area contributed by atoms with Crippen LogP contribution in [0.4, 0.5) is 0 Å². The molecular formula is C12H10O5. The van der Waals surface area contributed by atoms with Gasteiger partial charge in [-0.3, -0.25) is 9.59 Å². The summed E-state index contributed by atoms with van der Waals surface area (Å²) >= 11 is 0. The molecule has 1 heterocycles. The molecule has 0 fully saturated rings. The van der Waals surface area contributed by atoms with Crippen molar-refractivity contribution >= 4 is 22.7 Å². The summed E-state index contributed by atoms with van der Waals surface area (Å²) in [5.74, 6) is -2.07. The van der Waals surface area contributed by atoms with Gasteiger partial charge < -0.3 is 14.6 Å². The molecular weight excluding hydrogens is 224 g/mol. The largest absolute Gasteiger partial charge is 0.506 e. The lowest BCUT2D eigenvalue weighted by Crippen LogP contribution is -2.07. The van der Waals surface area contributed by atoms with Crippen LogP contribution in [0.2, 0.25) is 0 Å². The van der Waals surface area contributed by atoms with Crippen molar-refractivity contribution in [1.29, 1.82) is 0 Å². The first-order valence-corrected chi connectivity index (χ1v) is 4.95. The Labute approximate surface area is 96.3 Å². The van der Waals surface area contributed by atoms with Gasteiger partial charge in [-0.2, -0.15) is 0 Å². The van der Waals surface area contributed by atoms with Crippen LogP contribution in [0.3, 0.4) is 0 Å². The van der Waals surface area contributed by atoms with E-state index in [1.165, 1.54) is 18.4 Å². The molecule has 0 aliphatic carbocycles. The van der Waals surface area contributed by atoms with E-state index in [1.54, 1.807) is 6.92 Å². The second-order valence-corrected chi connectivity index (χ2v) is 3.75. The van der Waals surface area contributed by atoms with E-state index in [9.17, 15) is 14.7 Å². The number of aryl methyl sites for hydroxylation is 1. The summed E-state index contributed by atoms with van der Waals surface area (Å²) < 4.78 is 5.16. The minimum atomic E-state index is -1.22. The summed E-state index contributed by atoms with van der Waals surface area (Å²) in [6.45, 7) is 1.73. The Morgan fingerprint density at radius 2 is 2.06 bits per heavy atom. The number of benzene rings is 1. The maximum atomic E-state index is 11.6. The van der Waals surface area contributed by atoms with Crippen molar-refractivity contribution in [2.45, 2.75) is 13.3 Å². The lowest BCUT2D eigenvalue weighted by Gasteiger charge is -2.03. The van der Waals surface area contributed by atoms with E-state index >= 15 is 0 Å². The highest BCUT2D eigenvalue weighted by Crippen LogP contribution is 2.33. The van der Waals surface area contributed by atoms with Crippen LogP contribution in [0.15, 0.2) is 22.8 Å². The molecule has 0 aliphatic rings. The molecule has 2 N–H and O–H groups in total. The fourth-order valence-electron chi connectivity index (χ4n) is 1.72. The molecule has 0 radical (unpaired) electrons. The molecule has 0 amide bonds. The SMILES string of the molecule is Cc1coc2ccc(C(=O)CC(=O)O)c(O)c12. The van der Waals surface area contributed by atoms with Gasteiger partial charge in [0.1, 0.15) is 17.8 Å². The van der Waals surface area contributed by atoms with Crippen LogP contribution in [0.5, 0.6) is 5.75 Å². The number of rotatable bonds is 3. The number of carbonyl (C=O) groups excluding carboxylic acids is 1. The van der Waals surface area contributed by atoms with Crippen LogP contribution in [0, 0.1) is 6.92 Å². The van der Waals surface area contributed by atoms with E-state index in [0.29, 0.717) is 16.5 Å². The summed E-state index contributed by atoms with van der Waals surface area (Å²) in [7, 11) is 0. The standard InChI is InChI=1S/C12H10O5/c1-6-5-17-9-3-2-7(12(16)11(6)9)8(13)4-10(14)15/h2-3,5,16H,4H2,1H3,(H,14,15). The Morgan fingerprint density at radius 1 is 1.35 bits per heavy atom. The van der Waals surface area contributed by atoms with Gasteiger partial charge in [0.25, 0.3) is 0 Å². The van der Waals surface area contributed by atoms with Crippen molar-refractivity contribution < 1.29 is 24.2 Å². The van der Waals surface area contributed by atoms with Gasteiger partial charge in [-0.1, -0.05) is 0 Å². The number of carboxylic acids is 1. The Kier molecular flexibility index (Phi) is 2.59. The van der Waals surface area contributed by atoms with Gasteiger partial charge in [0.2, 0.25) is 0 Å². The molecule has 2 aromatic rings. The second-order valence-electron chi connectivity index (χ2n) is 3.75. The lowest BCUT2D eigenvalue weighted by molar-refractivity contribution is -0.135. The van der Waals surface area contributed by atoms with Crippen LogP contribution < -0.4 is 0 Å². The van der Waals surface area contributed by atoms with Gasteiger partial charge in [0, 0.05) is 0 Å². The maximum absolute atomic E-state index is 11.6. The molecule has 1 aromatic heterocycles. The molecule has 88 valence electrons. The predicted octanol–water partition coefficient (Wildman–Crippen LogP) is 2.10. The van der Waals surface area contributed by atoms with Crippen LogP contribution >= 0.6 is 0 Å². The predicted molar refractivity (Wildman–Crippen MR) is 59.2 cm³/mol. The quantitative estimate of drug-likeness (QED) is 0.627. The number of furan rings is 1. The van der Waals surface area contributed by atoms with Gasteiger partial charge in [0.15, 0.2) is 5.78 Å². The number of hydrogen-bond acceptors (Lipinski definition) is 4. The molecule has 1 aromatic carbocycles. The number of phenols is 1. The van der Waals surface area contributed by atoms with Gasteiger partial charge in [-0.15, -0.1) is 0 Å². The number of aromatic hydroxyl groups is 1. The highest BCUT2D eigenvalue weighted by molar-refractivity contribution is 6.10. The van der Waals surface area contributed by atoms with E-state index in [-0.39, 0.29) is 11.3 Å². The summed E-state index contributed by atoms with van der Waals surface area (Å²) in [4.78, 5) is 22.0. The van der Waals surface area contributed by atoms with Gasteiger partial charge in [-0.25, -0.2) is 0 Å². The maximum Gasteiger partial charge on any atom is 0.311 e. The molecule has 5 heteroatoms. The van der Waals surface area contributed by atoms with E-state index in [1.807, 2.05) is 0 Å². The second kappa shape index (κ2) is 3.93. The van der Waals surface area contributed by atoms with Crippen LogP contribution in [0.25, 0.3) is 11.0 Å². The molecule has 0 unspecified atom stereocenters. The van der Waals surface area contributed by atoms with E-state index < -0.39 is 18.2 Å². The third-order valence-electron chi connectivity index (χ3n) is 2.51. The minimum Gasteiger partial charge on any atom is -0.506 e. The zero-order valence-corrected chi connectivity index (χ0v) is 9.06. The zero-order chi connectivity index (χ0) is 12.6. The molecule has 0 aliphatic heterocycles. The van der Waals surface area contributed by atoms with E-state index in [4.69, 9.17) is 9.52 Å². The van der Waals surface area contributed by atoms with E-state index in [2.05, 4.69) is 0 Å². The van der Waals surface area contributed by atoms with Crippen LogP contribution in [-0.2, 0) is 4.79 Å². The highest BCUT2D eigenvalue weighted by atomic mass is 16.4. The smallest absolute Gasteiger partial charge is 0.311 e. The van der Waals surface area contributed by atoms with Crippen molar-refractivity contribution in [2.24, 2.45) is 0 Å². The summed E-state index contributed by atoms with van der Waals surface area (Å²) in [5.41, 5.74) is 1.17. The Morgan fingerprint density at radius 3 is 2.71 bits per heavy atom. The fourth-order valence-corrected chi connectivity index (χ4v) is 1.72. The molecule has 0 saturated heterocycles. The summed E-state index contributed by atoms with van der Waals surface area (Å²) in [6, 6.07) is 2.91. The number of ketones is 1. The average molecular weight is 234 g/mol. The van der Waals surface area contributed by atoms with Crippen molar-refractivity contribution in [3.8, 4) is 5.75 Å². The molecule has 0 atom stereocenters. The third-order valence-corrected chi connectivity index (χ3v) is 2.51. The van der Waals surface area contributed by atoms with Crippen molar-refractivity contribution in [3.05, 3.63) is 29.5 Å². The van der Waals surface area contributed by atoms with E-state index in [0.717, 1.165) is 0 Å². The number of phenolic OH excluding ortho intramolecular Hbond substituents is 1. The number of Topliss-reactive ketones (excluding diaryl/α,β-unsaturated/α-hetero) is 1. The molecule has 5 nitrogen and oxygen atoms in total. The van der Waals surface area contributed by atoms with Crippen molar-refractivity contribution in [2.75, 3.05) is 0 Å². The van der Waals surface area contributed by atoms with Crippen molar-refractivity contribution in [3.63, 3.8) is 0 Å². The minimum absolute atomic E-state index is 0.00407. The van der Waals surface area contributed by atoms with Gasteiger partial charge in [-0.05, 0) is 24.6 Å². The van der Waals surface area contributed by atoms with Crippen LogP contribution in [0.1, 0.15) is 22.3 Å². The first-order valence-electron chi connectivity index (χ1n) is 4.95. The van der Waals surface area contributed by atoms with Gasteiger partial charge in [0.05, 0.1) is 17.2 Å². The van der Waals surface area contributed by atoms with Gasteiger partial charge >= 0.3 is 5.97 Å². The Hall–Kier alpha value is -2.30. The number of hydrogen-bond donors (Lipinski definition) is 2. The number of fused-ring (bicyclic) bond motifs is 1. The number of carbonyl (C=O) groups is 2. The Bertz CT molecular complexity index is 609. The fraction of sp³-hybridized carbons (Fsp3) is 0.167. The summed E-state index contributed by atoms with van der Waals surface area (Å²) in [6.07, 6.45) is 0.825.